The Hall–Kier alpha value is -1.66. The normalized spacial score (nSPS) is 11.2. The van der Waals surface area contributed by atoms with Crippen molar-refractivity contribution >= 4 is 33.0 Å². The maximum atomic E-state index is 12.4. The summed E-state index contributed by atoms with van der Waals surface area (Å²) in [6.45, 7) is 1.69. The van der Waals surface area contributed by atoms with Crippen LogP contribution in [-0.2, 0) is 0 Å². The minimum Gasteiger partial charge on any atom is -0.397 e. The molecule has 0 bridgehead atoms. The van der Waals surface area contributed by atoms with Gasteiger partial charge < -0.3 is 15.5 Å². The summed E-state index contributed by atoms with van der Waals surface area (Å²) in [5.74, 6) is -0.0116. The number of carbonyl (C=O) groups is 1. The van der Waals surface area contributed by atoms with Gasteiger partial charge in [-0.15, -0.1) is 11.3 Å². The number of pyridine rings is 1. The summed E-state index contributed by atoms with van der Waals surface area (Å²) in [4.78, 5) is 21.0. The van der Waals surface area contributed by atoms with Crippen LogP contribution in [0, 0.1) is 0 Å². The molecule has 5 nitrogen and oxygen atoms in total. The van der Waals surface area contributed by atoms with Gasteiger partial charge in [0.05, 0.1) is 10.4 Å². The topological polar surface area (TPSA) is 62.5 Å². The molecule has 0 saturated carbocycles. The molecule has 20 heavy (non-hydrogen) atoms. The van der Waals surface area contributed by atoms with E-state index in [4.69, 9.17) is 5.73 Å². The first-order valence-corrected chi connectivity index (χ1v) is 7.34. The molecule has 0 saturated heterocycles. The number of amides is 1. The van der Waals surface area contributed by atoms with Gasteiger partial charge in [-0.2, -0.15) is 0 Å². The summed E-state index contributed by atoms with van der Waals surface area (Å²) in [7, 11) is 5.87. The number of aromatic nitrogens is 1. The second-order valence-corrected chi connectivity index (χ2v) is 6.15. The molecule has 1 amide bonds. The lowest BCUT2D eigenvalue weighted by Gasteiger charge is -2.18. The van der Waals surface area contributed by atoms with Crippen LogP contribution in [0.3, 0.4) is 0 Å². The number of hydrogen-bond donors (Lipinski definition) is 1. The van der Waals surface area contributed by atoms with Crippen LogP contribution in [-0.4, -0.2) is 54.9 Å². The highest BCUT2D eigenvalue weighted by Gasteiger charge is 2.19. The Balaban J connectivity index is 2.12. The van der Waals surface area contributed by atoms with Gasteiger partial charge in [0.2, 0.25) is 0 Å². The fourth-order valence-electron chi connectivity index (χ4n) is 2.03. The second-order valence-electron chi connectivity index (χ2n) is 5.10. The van der Waals surface area contributed by atoms with Gasteiger partial charge in [-0.3, -0.25) is 9.78 Å². The Morgan fingerprint density at radius 3 is 2.75 bits per heavy atom. The van der Waals surface area contributed by atoms with E-state index in [1.54, 1.807) is 17.3 Å². The van der Waals surface area contributed by atoms with Gasteiger partial charge in [0.15, 0.2) is 0 Å². The smallest absolute Gasteiger partial charge is 0.265 e. The number of thiophene rings is 1. The van der Waals surface area contributed by atoms with E-state index in [0.717, 1.165) is 29.6 Å². The third-order valence-corrected chi connectivity index (χ3v) is 4.32. The summed E-state index contributed by atoms with van der Waals surface area (Å²) in [6, 6.07) is 1.85. The molecule has 0 aliphatic rings. The summed E-state index contributed by atoms with van der Waals surface area (Å²) in [5.41, 5.74) is 6.65. The van der Waals surface area contributed by atoms with Crippen LogP contribution in [0.4, 0.5) is 5.69 Å². The van der Waals surface area contributed by atoms with E-state index in [2.05, 4.69) is 9.88 Å². The SMILES string of the molecule is CN(C)CCCN(C)C(=O)c1sc2cnccc2c1N. The average molecular weight is 292 g/mol. The molecule has 2 rings (SSSR count). The Kier molecular flexibility index (Phi) is 4.57. The Labute approximate surface area is 123 Å². The number of rotatable bonds is 5. The quantitative estimate of drug-likeness (QED) is 0.914. The summed E-state index contributed by atoms with van der Waals surface area (Å²) < 4.78 is 0.954. The third kappa shape index (κ3) is 3.08. The van der Waals surface area contributed by atoms with Crippen LogP contribution in [0.15, 0.2) is 18.5 Å². The molecule has 0 spiro atoms. The summed E-state index contributed by atoms with van der Waals surface area (Å²) in [6.07, 6.45) is 4.39. The maximum Gasteiger partial charge on any atom is 0.265 e. The monoisotopic (exact) mass is 292 g/mol. The van der Waals surface area contributed by atoms with Gasteiger partial charge in [0, 0.05) is 31.4 Å². The van der Waals surface area contributed by atoms with Crippen molar-refractivity contribution in [2.24, 2.45) is 0 Å². The van der Waals surface area contributed by atoms with E-state index in [9.17, 15) is 4.79 Å². The number of nitrogens with zero attached hydrogens (tertiary/aromatic N) is 3. The van der Waals surface area contributed by atoms with Crippen molar-refractivity contribution in [3.63, 3.8) is 0 Å². The first-order valence-electron chi connectivity index (χ1n) is 6.53. The lowest BCUT2D eigenvalue weighted by atomic mass is 10.2. The first kappa shape index (κ1) is 14.7. The van der Waals surface area contributed by atoms with E-state index in [0.29, 0.717) is 10.6 Å². The molecule has 0 aliphatic heterocycles. The standard InChI is InChI=1S/C14H20N4OS/c1-17(2)7-4-8-18(3)14(19)13-12(15)10-5-6-16-9-11(10)20-13/h5-6,9H,4,7-8,15H2,1-3H3. The van der Waals surface area contributed by atoms with Crippen molar-refractivity contribution in [1.29, 1.82) is 0 Å². The fourth-order valence-corrected chi connectivity index (χ4v) is 3.11. The van der Waals surface area contributed by atoms with E-state index in [1.807, 2.05) is 27.2 Å². The zero-order valence-corrected chi connectivity index (χ0v) is 12.9. The molecule has 2 aromatic rings. The predicted molar refractivity (Wildman–Crippen MR) is 84.2 cm³/mol. The Morgan fingerprint density at radius 2 is 2.10 bits per heavy atom. The van der Waals surface area contributed by atoms with Crippen molar-refractivity contribution in [3.05, 3.63) is 23.3 Å². The minimum absolute atomic E-state index is 0.0116. The first-order chi connectivity index (χ1) is 9.50. The highest BCUT2D eigenvalue weighted by atomic mass is 32.1. The molecular formula is C14H20N4OS. The van der Waals surface area contributed by atoms with Crippen molar-refractivity contribution < 1.29 is 4.79 Å². The number of nitrogen functional groups attached to an aromatic ring is 1. The largest absolute Gasteiger partial charge is 0.397 e. The van der Waals surface area contributed by atoms with E-state index >= 15 is 0 Å². The molecule has 2 aromatic heterocycles. The third-order valence-electron chi connectivity index (χ3n) is 3.17. The van der Waals surface area contributed by atoms with Crippen LogP contribution < -0.4 is 5.73 Å². The van der Waals surface area contributed by atoms with E-state index < -0.39 is 0 Å². The summed E-state index contributed by atoms with van der Waals surface area (Å²) in [5, 5.41) is 0.912. The highest BCUT2D eigenvalue weighted by molar-refractivity contribution is 7.21. The molecule has 2 N–H and O–H groups in total. The Morgan fingerprint density at radius 1 is 1.35 bits per heavy atom. The lowest BCUT2D eigenvalue weighted by molar-refractivity contribution is 0.0796. The molecule has 2 heterocycles. The fraction of sp³-hybridized carbons (Fsp3) is 0.429. The van der Waals surface area contributed by atoms with Gasteiger partial charge in [-0.05, 0) is 33.1 Å². The van der Waals surface area contributed by atoms with Gasteiger partial charge in [0.1, 0.15) is 4.88 Å². The van der Waals surface area contributed by atoms with Gasteiger partial charge >= 0.3 is 0 Å². The second kappa shape index (κ2) is 6.19. The van der Waals surface area contributed by atoms with Gasteiger partial charge in [0.25, 0.3) is 5.91 Å². The average Bonchev–Trinajstić information content (AvgIpc) is 2.75. The molecule has 0 fully saturated rings. The van der Waals surface area contributed by atoms with Crippen molar-refractivity contribution in [1.82, 2.24) is 14.8 Å². The lowest BCUT2D eigenvalue weighted by Crippen LogP contribution is -2.29. The molecule has 6 heteroatoms. The van der Waals surface area contributed by atoms with Gasteiger partial charge in [-0.1, -0.05) is 0 Å². The predicted octanol–water partition coefficient (Wildman–Crippen LogP) is 1.90. The number of nitrogens with two attached hydrogens (primary N) is 1. The molecule has 108 valence electrons. The van der Waals surface area contributed by atoms with Crippen LogP contribution in [0.2, 0.25) is 0 Å². The van der Waals surface area contributed by atoms with Crippen molar-refractivity contribution in [2.75, 3.05) is 40.0 Å². The number of fused-ring (bicyclic) bond motifs is 1. The Bertz CT molecular complexity index is 608. The minimum atomic E-state index is -0.0116. The molecule has 0 unspecified atom stereocenters. The highest BCUT2D eigenvalue weighted by Crippen LogP contribution is 2.33. The van der Waals surface area contributed by atoms with Crippen LogP contribution >= 0.6 is 11.3 Å². The zero-order valence-electron chi connectivity index (χ0n) is 12.1. The zero-order chi connectivity index (χ0) is 14.7. The molecule has 0 radical (unpaired) electrons. The van der Waals surface area contributed by atoms with E-state index in [-0.39, 0.29) is 5.91 Å². The van der Waals surface area contributed by atoms with Gasteiger partial charge in [-0.25, -0.2) is 0 Å². The summed E-state index contributed by atoms with van der Waals surface area (Å²) >= 11 is 1.41. The van der Waals surface area contributed by atoms with E-state index in [1.165, 1.54) is 11.3 Å². The van der Waals surface area contributed by atoms with Crippen molar-refractivity contribution in [2.45, 2.75) is 6.42 Å². The van der Waals surface area contributed by atoms with Crippen LogP contribution in [0.5, 0.6) is 0 Å². The van der Waals surface area contributed by atoms with Crippen molar-refractivity contribution in [3.8, 4) is 0 Å². The maximum absolute atomic E-state index is 12.4. The van der Waals surface area contributed by atoms with Crippen LogP contribution in [0.1, 0.15) is 16.1 Å². The molecule has 0 aromatic carbocycles. The van der Waals surface area contributed by atoms with Crippen LogP contribution in [0.25, 0.3) is 10.1 Å². The molecule has 0 aliphatic carbocycles. The number of anilines is 1. The number of carbonyl (C=O) groups excluding carboxylic acids is 1. The molecule has 0 atom stereocenters. The number of hydrogen-bond acceptors (Lipinski definition) is 5. The molecular weight excluding hydrogens is 272 g/mol.